The molecule has 0 aliphatic heterocycles. The molecule has 0 fully saturated rings. The molecule has 29 heavy (non-hydrogen) atoms. The summed E-state index contributed by atoms with van der Waals surface area (Å²) in [5.74, 6) is 2.17. The van der Waals surface area contributed by atoms with Gasteiger partial charge in [0, 0.05) is 26.2 Å². The molecule has 0 saturated carbocycles. The van der Waals surface area contributed by atoms with Crippen LogP contribution in [-0.4, -0.2) is 51.1 Å². The molecule has 2 N–H and O–H groups in total. The second kappa shape index (κ2) is 11.6. The summed E-state index contributed by atoms with van der Waals surface area (Å²) >= 11 is 0. The first-order valence-corrected chi connectivity index (χ1v) is 9.59. The molecular weight excluding hydrogens is 368 g/mol. The number of guanidine groups is 1. The number of amides is 1. The van der Waals surface area contributed by atoms with Gasteiger partial charge in [0.25, 0.3) is 0 Å². The molecule has 0 saturated heterocycles. The van der Waals surface area contributed by atoms with Crippen LogP contribution in [0, 0.1) is 0 Å². The zero-order chi connectivity index (χ0) is 21.1. The fourth-order valence-corrected chi connectivity index (χ4v) is 2.52. The minimum atomic E-state index is -0.0290. The molecule has 0 radical (unpaired) electrons. The van der Waals surface area contributed by atoms with Crippen LogP contribution in [0.25, 0.3) is 0 Å². The normalized spacial score (nSPS) is 11.0. The molecule has 0 atom stereocenters. The van der Waals surface area contributed by atoms with E-state index in [1.54, 1.807) is 26.1 Å². The lowest BCUT2D eigenvalue weighted by Crippen LogP contribution is -2.42. The highest BCUT2D eigenvalue weighted by molar-refractivity contribution is 5.86. The van der Waals surface area contributed by atoms with Gasteiger partial charge in [-0.1, -0.05) is 30.3 Å². The van der Waals surface area contributed by atoms with Crippen molar-refractivity contribution in [3.8, 4) is 11.5 Å². The van der Waals surface area contributed by atoms with Gasteiger partial charge in [-0.05, 0) is 30.7 Å². The first kappa shape index (κ1) is 22.1. The van der Waals surface area contributed by atoms with Crippen LogP contribution in [0.4, 0.5) is 0 Å². The van der Waals surface area contributed by atoms with E-state index in [2.05, 4.69) is 15.6 Å². The van der Waals surface area contributed by atoms with Crippen molar-refractivity contribution in [1.29, 1.82) is 0 Å². The molecule has 0 heterocycles. The van der Waals surface area contributed by atoms with Crippen LogP contribution < -0.4 is 20.1 Å². The Labute approximate surface area is 172 Å². The van der Waals surface area contributed by atoms with Gasteiger partial charge in [0.15, 0.2) is 5.96 Å². The van der Waals surface area contributed by atoms with Gasteiger partial charge in [-0.15, -0.1) is 0 Å². The number of ether oxygens (including phenoxy) is 2. The number of hydrogen-bond acceptors (Lipinski definition) is 4. The topological polar surface area (TPSA) is 75.2 Å². The summed E-state index contributed by atoms with van der Waals surface area (Å²) in [6.45, 7) is 3.73. The molecule has 1 amide bonds. The molecule has 0 bridgehead atoms. The van der Waals surface area contributed by atoms with Crippen LogP contribution in [0.1, 0.15) is 18.1 Å². The minimum Gasteiger partial charge on any atom is -0.497 e. The minimum absolute atomic E-state index is 0.0290. The van der Waals surface area contributed by atoms with Crippen molar-refractivity contribution in [2.75, 3.05) is 34.4 Å². The largest absolute Gasteiger partial charge is 0.497 e. The summed E-state index contributed by atoms with van der Waals surface area (Å²) in [5.41, 5.74) is 2.06. The monoisotopic (exact) mass is 398 g/mol. The van der Waals surface area contributed by atoms with E-state index >= 15 is 0 Å². The van der Waals surface area contributed by atoms with E-state index < -0.39 is 0 Å². The lowest BCUT2D eigenvalue weighted by molar-refractivity contribution is -0.127. The first-order valence-electron chi connectivity index (χ1n) is 9.59. The fraction of sp³-hybridized carbons (Fsp3) is 0.364. The van der Waals surface area contributed by atoms with Gasteiger partial charge in [0.05, 0.1) is 26.8 Å². The van der Waals surface area contributed by atoms with Crippen LogP contribution in [0.3, 0.4) is 0 Å². The fourth-order valence-electron chi connectivity index (χ4n) is 2.52. The van der Waals surface area contributed by atoms with E-state index in [1.165, 1.54) is 0 Å². The molecule has 2 aromatic rings. The van der Waals surface area contributed by atoms with Crippen molar-refractivity contribution in [1.82, 2.24) is 15.5 Å². The van der Waals surface area contributed by atoms with E-state index in [1.807, 2.05) is 55.5 Å². The number of aliphatic imine (C=N–C) groups is 1. The lowest BCUT2D eigenvalue weighted by Gasteiger charge is -2.16. The van der Waals surface area contributed by atoms with E-state index in [0.717, 1.165) is 22.6 Å². The molecule has 2 aromatic carbocycles. The van der Waals surface area contributed by atoms with Gasteiger partial charge in [0.1, 0.15) is 11.5 Å². The number of para-hydroxylation sites is 1. The number of methoxy groups -OCH3 is 1. The summed E-state index contributed by atoms with van der Waals surface area (Å²) < 4.78 is 10.9. The second-order valence-corrected chi connectivity index (χ2v) is 6.55. The second-order valence-electron chi connectivity index (χ2n) is 6.55. The number of nitrogens with zero attached hydrogens (tertiary/aromatic N) is 2. The Morgan fingerprint density at radius 1 is 1.07 bits per heavy atom. The van der Waals surface area contributed by atoms with Crippen LogP contribution in [-0.2, 0) is 17.9 Å². The Balaban J connectivity index is 2.08. The summed E-state index contributed by atoms with van der Waals surface area (Å²) in [7, 11) is 5.09. The summed E-state index contributed by atoms with van der Waals surface area (Å²) in [4.78, 5) is 18.1. The summed E-state index contributed by atoms with van der Waals surface area (Å²) in [5, 5.41) is 6.38. The highest BCUT2D eigenvalue weighted by Gasteiger charge is 2.08. The Morgan fingerprint density at radius 2 is 1.79 bits per heavy atom. The van der Waals surface area contributed by atoms with Crippen LogP contribution >= 0.6 is 0 Å². The number of carbonyl (C=O) groups excluding carboxylic acids is 1. The average Bonchev–Trinajstić information content (AvgIpc) is 2.74. The molecule has 7 heteroatoms. The van der Waals surface area contributed by atoms with Gasteiger partial charge in [-0.25, -0.2) is 4.99 Å². The van der Waals surface area contributed by atoms with Gasteiger partial charge < -0.3 is 25.0 Å². The zero-order valence-corrected chi connectivity index (χ0v) is 17.6. The average molecular weight is 399 g/mol. The van der Waals surface area contributed by atoms with Crippen LogP contribution in [0.5, 0.6) is 11.5 Å². The maximum atomic E-state index is 12.0. The van der Waals surface area contributed by atoms with Gasteiger partial charge in [-0.3, -0.25) is 4.79 Å². The summed E-state index contributed by atoms with van der Waals surface area (Å²) in [6.07, 6.45) is 0. The van der Waals surface area contributed by atoms with Crippen molar-refractivity contribution in [2.45, 2.75) is 20.0 Å². The SMILES string of the molecule is CCOc1ccccc1CNC(=NCc1ccc(OC)cc1)NCC(=O)N(C)C. The van der Waals surface area contributed by atoms with Crippen molar-refractivity contribution in [3.63, 3.8) is 0 Å². The number of benzene rings is 2. The number of likely N-dealkylation sites (N-methyl/N-ethyl adjacent to an activating group) is 1. The van der Waals surface area contributed by atoms with E-state index in [4.69, 9.17) is 9.47 Å². The molecular formula is C22H30N4O3. The molecule has 0 spiro atoms. The highest BCUT2D eigenvalue weighted by Crippen LogP contribution is 2.17. The first-order chi connectivity index (χ1) is 14.0. The number of hydrogen-bond donors (Lipinski definition) is 2. The molecule has 0 aromatic heterocycles. The van der Waals surface area contributed by atoms with E-state index in [0.29, 0.717) is 25.7 Å². The molecule has 7 nitrogen and oxygen atoms in total. The number of nitrogens with one attached hydrogen (secondary N) is 2. The Hall–Kier alpha value is -3.22. The van der Waals surface area contributed by atoms with Crippen LogP contribution in [0.15, 0.2) is 53.5 Å². The summed E-state index contributed by atoms with van der Waals surface area (Å²) in [6, 6.07) is 15.6. The van der Waals surface area contributed by atoms with Crippen LogP contribution in [0.2, 0.25) is 0 Å². The smallest absolute Gasteiger partial charge is 0.241 e. The molecule has 0 aliphatic carbocycles. The maximum absolute atomic E-state index is 12.0. The third-order valence-corrected chi connectivity index (χ3v) is 4.20. The maximum Gasteiger partial charge on any atom is 0.241 e. The standard InChI is InChI=1S/C22H30N4O3/c1-5-29-20-9-7-6-8-18(20)15-24-22(25-16-21(27)26(2)3)23-14-17-10-12-19(28-4)13-11-17/h6-13H,5,14-16H2,1-4H3,(H2,23,24,25). The predicted octanol–water partition coefficient (Wildman–Crippen LogP) is 2.42. The van der Waals surface area contributed by atoms with Crippen molar-refractivity contribution >= 4 is 11.9 Å². The van der Waals surface area contributed by atoms with Crippen molar-refractivity contribution in [3.05, 3.63) is 59.7 Å². The molecule has 2 rings (SSSR count). The zero-order valence-electron chi connectivity index (χ0n) is 17.6. The molecule has 0 unspecified atom stereocenters. The third-order valence-electron chi connectivity index (χ3n) is 4.20. The lowest BCUT2D eigenvalue weighted by atomic mass is 10.2. The molecule has 0 aliphatic rings. The predicted molar refractivity (Wildman–Crippen MR) is 115 cm³/mol. The van der Waals surface area contributed by atoms with E-state index in [-0.39, 0.29) is 12.5 Å². The number of rotatable bonds is 9. The quantitative estimate of drug-likeness (QED) is 0.501. The Kier molecular flexibility index (Phi) is 8.82. The Morgan fingerprint density at radius 3 is 2.45 bits per heavy atom. The highest BCUT2D eigenvalue weighted by atomic mass is 16.5. The molecule has 156 valence electrons. The number of carbonyl (C=O) groups is 1. The Bertz CT molecular complexity index is 804. The van der Waals surface area contributed by atoms with Gasteiger partial charge >= 0.3 is 0 Å². The third kappa shape index (κ3) is 7.37. The van der Waals surface area contributed by atoms with Crippen molar-refractivity contribution in [2.24, 2.45) is 4.99 Å². The van der Waals surface area contributed by atoms with Crippen molar-refractivity contribution < 1.29 is 14.3 Å². The van der Waals surface area contributed by atoms with Gasteiger partial charge in [-0.2, -0.15) is 0 Å². The van der Waals surface area contributed by atoms with Gasteiger partial charge in [0.2, 0.25) is 5.91 Å². The van der Waals surface area contributed by atoms with E-state index in [9.17, 15) is 4.79 Å².